The largest absolute Gasteiger partial charge is 0.444 e. The second-order valence-electron chi connectivity index (χ2n) is 12.9. The van der Waals surface area contributed by atoms with Crippen molar-refractivity contribution in [3.8, 4) is 0 Å². The summed E-state index contributed by atoms with van der Waals surface area (Å²) in [5.41, 5.74) is 8.72. The highest BCUT2D eigenvalue weighted by atomic mass is 32.2. The molecular weight excluding hydrogens is 636 g/mol. The van der Waals surface area contributed by atoms with Crippen molar-refractivity contribution >= 4 is 33.9 Å². The van der Waals surface area contributed by atoms with Gasteiger partial charge in [0.2, 0.25) is 15.9 Å². The van der Waals surface area contributed by atoms with Crippen molar-refractivity contribution in [3.05, 3.63) is 64.7 Å². The summed E-state index contributed by atoms with van der Waals surface area (Å²) in [6, 6.07) is 8.12. The van der Waals surface area contributed by atoms with Gasteiger partial charge in [-0.25, -0.2) is 18.1 Å². The molecule has 0 heterocycles. The summed E-state index contributed by atoms with van der Waals surface area (Å²) in [6.07, 6.45) is -0.609. The van der Waals surface area contributed by atoms with Gasteiger partial charge >= 0.3 is 6.09 Å². The van der Waals surface area contributed by atoms with E-state index in [1.165, 1.54) is 12.1 Å². The maximum Gasteiger partial charge on any atom is 0.417 e. The number of guanidine groups is 1. The Morgan fingerprint density at radius 1 is 1.00 bits per heavy atom. The number of carbonyl (C=O) groups excluding carboxylic acids is 3. The first kappa shape index (κ1) is 40.2. The second-order valence-corrected chi connectivity index (χ2v) is 14.6. The van der Waals surface area contributed by atoms with Crippen molar-refractivity contribution in [2.45, 2.75) is 97.4 Å². The molecule has 0 aliphatic rings. The number of imide groups is 1. The van der Waals surface area contributed by atoms with Crippen molar-refractivity contribution in [2.24, 2.45) is 17.6 Å². The molecule has 7 N–H and O–H groups in total. The molecule has 13 nitrogen and oxygen atoms in total. The Kier molecular flexibility index (Phi) is 15.5. The van der Waals surface area contributed by atoms with Crippen LogP contribution >= 0.6 is 0 Å². The molecule has 0 spiro atoms. The van der Waals surface area contributed by atoms with Crippen LogP contribution in [0.25, 0.3) is 0 Å². The number of nitrogens with one attached hydrogen (secondary N) is 4. The first-order valence-electron chi connectivity index (χ1n) is 16.1. The summed E-state index contributed by atoms with van der Waals surface area (Å²) < 4.78 is 35.1. The number of carbonyl (C=O) groups is 3. The number of hydrogen-bond acceptors (Lipinski definition) is 8. The Morgan fingerprint density at radius 2 is 1.62 bits per heavy atom. The summed E-state index contributed by atoms with van der Waals surface area (Å²) in [5.74, 6) is -2.48. The minimum absolute atomic E-state index is 0.0885. The standard InChI is InChI=1S/C34H52N6O7S/c1-21(2)17-27(19-41)38-31(42)30(22(3)4)40(34(44)47-20-26-18-24(6)10-13-25(26)7)32(43)29(9-8-16-37-33(35)36)39-48(45,46)28-14-11-23(5)12-15-28/h10-15,18,21-22,27,29-30,39,41H,8-9,16-17,19-20H2,1-7H3,(H,38,42)(H4,35,36,37)/t27-,29-,30-/m0/s1. The summed E-state index contributed by atoms with van der Waals surface area (Å²) in [7, 11) is -4.27. The number of nitrogens with two attached hydrogens (primary N) is 1. The number of benzene rings is 2. The fourth-order valence-electron chi connectivity index (χ4n) is 5.16. The molecule has 48 heavy (non-hydrogen) atoms. The fourth-order valence-corrected chi connectivity index (χ4v) is 6.38. The second kappa shape index (κ2) is 18.5. The first-order valence-corrected chi connectivity index (χ1v) is 17.6. The molecular formula is C34H52N6O7S. The molecule has 0 saturated carbocycles. The number of rotatable bonds is 17. The van der Waals surface area contributed by atoms with Crippen LogP contribution in [0.15, 0.2) is 47.4 Å². The van der Waals surface area contributed by atoms with Gasteiger partial charge in [-0.2, -0.15) is 4.72 Å². The van der Waals surface area contributed by atoms with E-state index in [9.17, 15) is 27.9 Å². The van der Waals surface area contributed by atoms with Crippen LogP contribution in [0.1, 0.15) is 69.2 Å². The van der Waals surface area contributed by atoms with Crippen LogP contribution in [0.2, 0.25) is 0 Å². The maximum atomic E-state index is 14.5. The van der Waals surface area contributed by atoms with Gasteiger partial charge in [-0.05, 0) is 75.1 Å². The third-order valence-corrected chi connectivity index (χ3v) is 9.19. The minimum atomic E-state index is -4.27. The topological polar surface area (TPSA) is 204 Å². The number of aliphatic hydroxyl groups is 1. The molecule has 0 radical (unpaired) electrons. The van der Waals surface area contributed by atoms with Crippen molar-refractivity contribution in [1.82, 2.24) is 20.3 Å². The third kappa shape index (κ3) is 12.2. The number of amides is 3. The molecule has 0 bridgehead atoms. The van der Waals surface area contributed by atoms with E-state index in [2.05, 4.69) is 15.4 Å². The Balaban J connectivity index is 2.59. The van der Waals surface area contributed by atoms with Gasteiger partial charge < -0.3 is 26.2 Å². The van der Waals surface area contributed by atoms with Crippen molar-refractivity contribution in [1.29, 1.82) is 5.41 Å². The Labute approximate surface area is 284 Å². The van der Waals surface area contributed by atoms with E-state index < -0.39 is 52.0 Å². The van der Waals surface area contributed by atoms with Gasteiger partial charge in [0, 0.05) is 6.54 Å². The van der Waals surface area contributed by atoms with Gasteiger partial charge in [-0.15, -0.1) is 0 Å². The molecule has 2 aromatic carbocycles. The van der Waals surface area contributed by atoms with Crippen LogP contribution in [0.3, 0.4) is 0 Å². The van der Waals surface area contributed by atoms with Crippen molar-refractivity contribution in [3.63, 3.8) is 0 Å². The molecule has 3 amide bonds. The van der Waals surface area contributed by atoms with E-state index in [-0.39, 0.29) is 49.4 Å². The van der Waals surface area contributed by atoms with E-state index in [0.29, 0.717) is 16.9 Å². The maximum absolute atomic E-state index is 14.5. The van der Waals surface area contributed by atoms with Gasteiger partial charge in [0.05, 0.1) is 17.5 Å². The van der Waals surface area contributed by atoms with Crippen LogP contribution in [-0.2, 0) is 31.0 Å². The number of sulfonamides is 1. The highest BCUT2D eigenvalue weighted by molar-refractivity contribution is 7.89. The Hall–Kier alpha value is -4.01. The van der Waals surface area contributed by atoms with Crippen LogP contribution < -0.4 is 21.1 Å². The number of aliphatic hydroxyl groups excluding tert-OH is 1. The molecule has 3 atom stereocenters. The zero-order valence-electron chi connectivity index (χ0n) is 29.0. The number of ether oxygens (including phenoxy) is 1. The summed E-state index contributed by atoms with van der Waals surface area (Å²) >= 11 is 0. The highest BCUT2D eigenvalue weighted by Crippen LogP contribution is 2.21. The van der Waals surface area contributed by atoms with Gasteiger partial charge in [0.1, 0.15) is 18.7 Å². The zero-order chi connectivity index (χ0) is 36.2. The number of aryl methyl sites for hydroxylation is 3. The van der Waals surface area contributed by atoms with E-state index >= 15 is 0 Å². The summed E-state index contributed by atoms with van der Waals surface area (Å²) in [6.45, 7) is 12.3. The molecule has 266 valence electrons. The van der Waals surface area contributed by atoms with Gasteiger partial charge in [-0.3, -0.25) is 15.0 Å². The average molecular weight is 689 g/mol. The normalized spacial score (nSPS) is 13.5. The molecule has 2 aromatic rings. The molecule has 0 fully saturated rings. The fraction of sp³-hybridized carbons (Fsp3) is 0.529. The lowest BCUT2D eigenvalue weighted by Crippen LogP contribution is -2.60. The van der Waals surface area contributed by atoms with Gasteiger partial charge in [0.15, 0.2) is 5.96 Å². The molecule has 2 rings (SSSR count). The molecule has 0 aliphatic heterocycles. The predicted octanol–water partition coefficient (Wildman–Crippen LogP) is 3.24. The molecule has 0 aliphatic carbocycles. The quantitative estimate of drug-likeness (QED) is 0.0819. The van der Waals surface area contributed by atoms with Crippen LogP contribution in [0, 0.1) is 38.0 Å². The molecule has 0 unspecified atom stereocenters. The molecule has 14 heteroatoms. The van der Waals surface area contributed by atoms with E-state index in [1.807, 2.05) is 45.9 Å². The highest BCUT2D eigenvalue weighted by Gasteiger charge is 2.42. The lowest BCUT2D eigenvalue weighted by Gasteiger charge is -2.34. The van der Waals surface area contributed by atoms with E-state index in [4.69, 9.17) is 15.9 Å². The van der Waals surface area contributed by atoms with Crippen molar-refractivity contribution in [2.75, 3.05) is 13.2 Å². The zero-order valence-corrected chi connectivity index (χ0v) is 29.8. The lowest BCUT2D eigenvalue weighted by molar-refractivity contribution is -0.142. The van der Waals surface area contributed by atoms with Gasteiger partial charge in [-0.1, -0.05) is 69.2 Å². The third-order valence-electron chi connectivity index (χ3n) is 7.70. The number of hydrogen-bond donors (Lipinski definition) is 6. The van der Waals surface area contributed by atoms with E-state index in [0.717, 1.165) is 16.7 Å². The predicted molar refractivity (Wildman–Crippen MR) is 184 cm³/mol. The van der Waals surface area contributed by atoms with Crippen LogP contribution in [-0.4, -0.2) is 73.6 Å². The Morgan fingerprint density at radius 3 is 2.19 bits per heavy atom. The SMILES string of the molecule is Cc1ccc(S(=O)(=O)N[C@@H](CCCNC(=N)N)C(=O)N(C(=O)OCc2cc(C)ccc2C)[C@H](C(=O)N[C@H](CO)CC(C)C)C(C)C)cc1. The van der Waals surface area contributed by atoms with E-state index in [1.54, 1.807) is 32.9 Å². The molecule has 0 aromatic heterocycles. The van der Waals surface area contributed by atoms with Crippen LogP contribution in [0.4, 0.5) is 4.79 Å². The molecule has 0 saturated heterocycles. The number of nitrogens with zero attached hydrogens (tertiary/aromatic N) is 1. The minimum Gasteiger partial charge on any atom is -0.444 e. The average Bonchev–Trinajstić information content (AvgIpc) is 3.00. The summed E-state index contributed by atoms with van der Waals surface area (Å²) in [4.78, 5) is 42.9. The first-order chi connectivity index (χ1) is 22.5. The smallest absolute Gasteiger partial charge is 0.417 e. The monoisotopic (exact) mass is 688 g/mol. The van der Waals surface area contributed by atoms with Gasteiger partial charge in [0.25, 0.3) is 5.91 Å². The Bertz CT molecular complexity index is 1510. The van der Waals surface area contributed by atoms with Crippen LogP contribution in [0.5, 0.6) is 0 Å². The summed E-state index contributed by atoms with van der Waals surface area (Å²) in [5, 5.41) is 22.8. The van der Waals surface area contributed by atoms with Crippen molar-refractivity contribution < 1.29 is 32.6 Å². The lowest BCUT2D eigenvalue weighted by atomic mass is 9.98.